The molecule has 368 valence electrons. The fraction of sp³-hybridized carbons (Fsp3) is 0.923. The maximum Gasteiger partial charge on any atom is 0.472 e. The van der Waals surface area contributed by atoms with E-state index in [0.717, 1.165) is 51.4 Å². The summed E-state index contributed by atoms with van der Waals surface area (Å²) in [5, 5.41) is 0. The molecule has 2 unspecified atom stereocenters. The van der Waals surface area contributed by atoms with Gasteiger partial charge in [0.25, 0.3) is 0 Å². The SMILES string of the molecule is CCCCCC/C=C\CCCCCCCC(=O)OC(COC(=O)CCCCCCCCCCCCCCCCCCCCCCCCCCC)COP(=O)(O)OCC[N+](C)(C)C. The van der Waals surface area contributed by atoms with E-state index in [4.69, 9.17) is 18.5 Å². The molecule has 0 rings (SSSR count). The first-order chi connectivity index (χ1) is 30.0. The molecule has 0 radical (unpaired) electrons. The number of hydrogen-bond acceptors (Lipinski definition) is 7. The summed E-state index contributed by atoms with van der Waals surface area (Å²) in [7, 11) is 1.48. The number of carbonyl (C=O) groups is 2. The van der Waals surface area contributed by atoms with Gasteiger partial charge < -0.3 is 18.9 Å². The van der Waals surface area contributed by atoms with Gasteiger partial charge in [-0.3, -0.25) is 18.6 Å². The largest absolute Gasteiger partial charge is 0.472 e. The van der Waals surface area contributed by atoms with Crippen LogP contribution in [0, 0.1) is 0 Å². The zero-order valence-corrected chi connectivity index (χ0v) is 42.5. The molecule has 0 bridgehead atoms. The minimum absolute atomic E-state index is 0.0334. The summed E-state index contributed by atoms with van der Waals surface area (Å²) in [6.45, 7) is 4.44. The van der Waals surface area contributed by atoms with Gasteiger partial charge in [0.05, 0.1) is 27.7 Å². The summed E-state index contributed by atoms with van der Waals surface area (Å²) in [6.07, 6.45) is 49.9. The first kappa shape index (κ1) is 60.8. The van der Waals surface area contributed by atoms with Crippen molar-refractivity contribution in [2.75, 3.05) is 47.5 Å². The maximum absolute atomic E-state index is 12.7. The summed E-state index contributed by atoms with van der Waals surface area (Å²) in [6, 6.07) is 0. The van der Waals surface area contributed by atoms with E-state index >= 15 is 0 Å². The molecule has 10 heteroatoms. The van der Waals surface area contributed by atoms with Crippen LogP contribution in [-0.4, -0.2) is 74.9 Å². The van der Waals surface area contributed by atoms with Crippen LogP contribution < -0.4 is 0 Å². The van der Waals surface area contributed by atoms with E-state index in [1.54, 1.807) is 0 Å². The highest BCUT2D eigenvalue weighted by molar-refractivity contribution is 7.47. The molecule has 0 aromatic heterocycles. The van der Waals surface area contributed by atoms with Crippen molar-refractivity contribution in [2.24, 2.45) is 0 Å². The average Bonchev–Trinajstić information content (AvgIpc) is 3.23. The van der Waals surface area contributed by atoms with E-state index < -0.39 is 26.5 Å². The van der Waals surface area contributed by atoms with E-state index in [-0.39, 0.29) is 25.6 Å². The second kappa shape index (κ2) is 44.9. The molecule has 0 saturated heterocycles. The van der Waals surface area contributed by atoms with E-state index in [9.17, 15) is 19.0 Å². The van der Waals surface area contributed by atoms with E-state index in [1.165, 1.54) is 173 Å². The van der Waals surface area contributed by atoms with Gasteiger partial charge >= 0.3 is 19.8 Å². The smallest absolute Gasteiger partial charge is 0.462 e. The number of phosphoric acid groups is 1. The molecular formula is C52H103NO8P+. The lowest BCUT2D eigenvalue weighted by Gasteiger charge is -2.24. The first-order valence-corrected chi connectivity index (χ1v) is 27.9. The third kappa shape index (κ3) is 48.2. The van der Waals surface area contributed by atoms with Gasteiger partial charge in [-0.2, -0.15) is 0 Å². The van der Waals surface area contributed by atoms with Crippen LogP contribution in [-0.2, 0) is 32.7 Å². The number of rotatable bonds is 49. The molecule has 0 aliphatic carbocycles. The Morgan fingerprint density at radius 3 is 1.21 bits per heavy atom. The number of hydrogen-bond donors (Lipinski definition) is 1. The number of unbranched alkanes of at least 4 members (excludes halogenated alkanes) is 33. The number of carbonyl (C=O) groups excluding carboxylic acids is 2. The van der Waals surface area contributed by atoms with Gasteiger partial charge in [-0.1, -0.05) is 219 Å². The summed E-state index contributed by atoms with van der Waals surface area (Å²) in [4.78, 5) is 35.5. The molecule has 62 heavy (non-hydrogen) atoms. The van der Waals surface area contributed by atoms with Crippen molar-refractivity contribution >= 4 is 19.8 Å². The normalized spacial score (nSPS) is 13.5. The van der Waals surface area contributed by atoms with Crippen LogP contribution in [0.25, 0.3) is 0 Å². The number of quaternary nitrogens is 1. The predicted molar refractivity (Wildman–Crippen MR) is 261 cm³/mol. The van der Waals surface area contributed by atoms with Gasteiger partial charge in [0.2, 0.25) is 0 Å². The number of likely N-dealkylation sites (N-methyl/N-ethyl adjacent to an activating group) is 1. The number of esters is 2. The molecule has 0 saturated carbocycles. The van der Waals surface area contributed by atoms with E-state index in [0.29, 0.717) is 23.9 Å². The lowest BCUT2D eigenvalue weighted by molar-refractivity contribution is -0.870. The fourth-order valence-electron chi connectivity index (χ4n) is 7.66. The third-order valence-electron chi connectivity index (χ3n) is 11.8. The maximum atomic E-state index is 12.7. The molecule has 0 fully saturated rings. The minimum Gasteiger partial charge on any atom is -0.462 e. The predicted octanol–water partition coefficient (Wildman–Crippen LogP) is 15.7. The van der Waals surface area contributed by atoms with E-state index in [1.807, 2.05) is 21.1 Å². The monoisotopic (exact) mass is 901 g/mol. The minimum atomic E-state index is -4.38. The van der Waals surface area contributed by atoms with Gasteiger partial charge in [-0.05, 0) is 38.5 Å². The van der Waals surface area contributed by atoms with Crippen molar-refractivity contribution in [3.05, 3.63) is 12.2 Å². The second-order valence-electron chi connectivity index (χ2n) is 19.3. The van der Waals surface area contributed by atoms with Crippen molar-refractivity contribution in [2.45, 2.75) is 264 Å². The zero-order chi connectivity index (χ0) is 45.7. The Kier molecular flexibility index (Phi) is 44.0. The molecular weight excluding hydrogens is 798 g/mol. The Hall–Kier alpha value is -1.25. The first-order valence-electron chi connectivity index (χ1n) is 26.4. The fourth-order valence-corrected chi connectivity index (χ4v) is 8.40. The van der Waals surface area contributed by atoms with Crippen LogP contribution in [0.5, 0.6) is 0 Å². The highest BCUT2D eigenvalue weighted by atomic mass is 31.2. The van der Waals surface area contributed by atoms with Crippen LogP contribution in [0.2, 0.25) is 0 Å². The lowest BCUT2D eigenvalue weighted by Crippen LogP contribution is -2.37. The molecule has 0 aromatic rings. The quantitative estimate of drug-likeness (QED) is 0.0211. The molecule has 9 nitrogen and oxygen atoms in total. The molecule has 0 spiro atoms. The highest BCUT2D eigenvalue weighted by Crippen LogP contribution is 2.43. The van der Waals surface area contributed by atoms with Crippen molar-refractivity contribution in [3.8, 4) is 0 Å². The van der Waals surface area contributed by atoms with Crippen LogP contribution >= 0.6 is 7.82 Å². The van der Waals surface area contributed by atoms with E-state index in [2.05, 4.69) is 26.0 Å². The Labute approximate surface area is 384 Å². The van der Waals surface area contributed by atoms with Crippen molar-refractivity contribution in [1.82, 2.24) is 0 Å². The topological polar surface area (TPSA) is 108 Å². The number of nitrogens with zero attached hydrogens (tertiary/aromatic N) is 1. The van der Waals surface area contributed by atoms with Gasteiger partial charge in [0.1, 0.15) is 19.8 Å². The lowest BCUT2D eigenvalue weighted by atomic mass is 10.0. The molecule has 0 aromatic carbocycles. The van der Waals surface area contributed by atoms with Crippen LogP contribution in [0.15, 0.2) is 12.2 Å². The molecule has 0 aliphatic heterocycles. The van der Waals surface area contributed by atoms with Crippen LogP contribution in [0.1, 0.15) is 258 Å². The number of ether oxygens (including phenoxy) is 2. The Morgan fingerprint density at radius 1 is 0.484 bits per heavy atom. The standard InChI is InChI=1S/C52H102NO8P/c1-6-8-10-12-14-16-18-20-21-22-23-24-25-26-27-28-29-30-31-33-34-36-38-40-42-44-51(54)58-48-50(49-60-62(56,57)59-47-46-53(3,4)5)61-52(55)45-43-41-39-37-35-32-19-17-15-13-11-9-7-2/h17,19,50H,6-16,18,20-49H2,1-5H3/p+1/b19-17-. The van der Waals surface area contributed by atoms with Crippen LogP contribution in [0.3, 0.4) is 0 Å². The average molecular weight is 901 g/mol. The molecule has 0 heterocycles. The number of phosphoric ester groups is 1. The highest BCUT2D eigenvalue weighted by Gasteiger charge is 2.27. The van der Waals surface area contributed by atoms with Gasteiger partial charge in [0, 0.05) is 12.8 Å². The third-order valence-corrected chi connectivity index (χ3v) is 12.8. The molecule has 0 aliphatic rings. The van der Waals surface area contributed by atoms with Crippen molar-refractivity contribution in [3.63, 3.8) is 0 Å². The molecule has 1 N–H and O–H groups in total. The molecule has 2 atom stereocenters. The van der Waals surface area contributed by atoms with Crippen molar-refractivity contribution < 1.29 is 42.1 Å². The molecule has 0 amide bonds. The van der Waals surface area contributed by atoms with Gasteiger partial charge in [-0.15, -0.1) is 0 Å². The summed E-state index contributed by atoms with van der Waals surface area (Å²) >= 11 is 0. The summed E-state index contributed by atoms with van der Waals surface area (Å²) in [5.74, 6) is -0.794. The number of allylic oxidation sites excluding steroid dienone is 2. The summed E-state index contributed by atoms with van der Waals surface area (Å²) < 4.78 is 34.4. The Bertz CT molecular complexity index is 1060. The summed E-state index contributed by atoms with van der Waals surface area (Å²) in [5.41, 5.74) is 0. The van der Waals surface area contributed by atoms with Crippen molar-refractivity contribution in [1.29, 1.82) is 0 Å². The van der Waals surface area contributed by atoms with Gasteiger partial charge in [0.15, 0.2) is 6.10 Å². The Balaban J connectivity index is 4.09. The second-order valence-corrected chi connectivity index (χ2v) is 20.7. The Morgan fingerprint density at radius 2 is 0.823 bits per heavy atom. The van der Waals surface area contributed by atoms with Gasteiger partial charge in [-0.25, -0.2) is 4.57 Å². The zero-order valence-electron chi connectivity index (χ0n) is 41.6. The van der Waals surface area contributed by atoms with Crippen LogP contribution in [0.4, 0.5) is 0 Å².